The van der Waals surface area contributed by atoms with Crippen LogP contribution in [0.1, 0.15) is 25.1 Å². The van der Waals surface area contributed by atoms with Gasteiger partial charge in [0.1, 0.15) is 35.9 Å². The lowest BCUT2D eigenvalue weighted by molar-refractivity contribution is -0.115. The van der Waals surface area contributed by atoms with Gasteiger partial charge in [0.2, 0.25) is 11.9 Å². The van der Waals surface area contributed by atoms with E-state index in [4.69, 9.17) is 22.9 Å². The molecule has 4 heterocycles. The van der Waals surface area contributed by atoms with E-state index in [2.05, 4.69) is 20.3 Å². The Balaban J connectivity index is 1.26. The third kappa shape index (κ3) is 5.84. The van der Waals surface area contributed by atoms with Gasteiger partial charge >= 0.3 is 7.82 Å². The SMILES string of the molecule is CCC(=O)Nc1nc2c(ncn2[C@@H]2O[C@H](COP(=O)(O)OCc3coc4cc(OC)ccc4c3=O)[C@@H](O)[C@H]2O)c(=O)[nH]1. The Hall–Kier alpha value is -3.96. The first-order chi connectivity index (χ1) is 20.0. The zero-order valence-corrected chi connectivity index (χ0v) is 23.0. The van der Waals surface area contributed by atoms with E-state index in [-0.39, 0.29) is 40.1 Å². The van der Waals surface area contributed by atoms with Gasteiger partial charge in [0, 0.05) is 12.5 Å². The summed E-state index contributed by atoms with van der Waals surface area (Å²) < 4.78 is 39.8. The number of ether oxygens (including phenoxy) is 2. The van der Waals surface area contributed by atoms with Crippen LogP contribution >= 0.6 is 7.82 Å². The highest BCUT2D eigenvalue weighted by atomic mass is 31.2. The molecule has 5 atom stereocenters. The quantitative estimate of drug-likeness (QED) is 0.155. The third-order valence-corrected chi connectivity index (χ3v) is 7.39. The molecule has 0 aliphatic carbocycles. The van der Waals surface area contributed by atoms with Crippen molar-refractivity contribution < 1.29 is 47.4 Å². The van der Waals surface area contributed by atoms with Crippen LogP contribution in [0.4, 0.5) is 5.95 Å². The van der Waals surface area contributed by atoms with Crippen LogP contribution in [0.5, 0.6) is 5.75 Å². The minimum atomic E-state index is -4.79. The Kier molecular flexibility index (Phi) is 8.25. The number of rotatable bonds is 10. The van der Waals surface area contributed by atoms with Crippen LogP contribution in [0.3, 0.4) is 0 Å². The first-order valence-corrected chi connectivity index (χ1v) is 14.0. The number of fused-ring (bicyclic) bond motifs is 2. The number of hydrogen-bond acceptors (Lipinski definition) is 13. The number of H-pyrrole nitrogens is 1. The van der Waals surface area contributed by atoms with Crippen molar-refractivity contribution in [2.24, 2.45) is 0 Å². The smallest absolute Gasteiger partial charge is 0.472 e. The second-order valence-corrected chi connectivity index (χ2v) is 10.6. The molecule has 1 aliphatic heterocycles. The molecule has 1 aromatic carbocycles. The third-order valence-electron chi connectivity index (χ3n) is 6.46. The molecule has 5 N–H and O–H groups in total. The Morgan fingerprint density at radius 2 is 2.02 bits per heavy atom. The van der Waals surface area contributed by atoms with Crippen LogP contribution in [-0.2, 0) is 29.8 Å². The fraction of sp³-hybridized carbons (Fsp3) is 0.375. The van der Waals surface area contributed by atoms with Gasteiger partial charge in [-0.15, -0.1) is 0 Å². The number of phosphoric acid groups is 1. The van der Waals surface area contributed by atoms with Gasteiger partial charge in [-0.3, -0.25) is 38.3 Å². The Morgan fingerprint density at radius 3 is 2.76 bits per heavy atom. The van der Waals surface area contributed by atoms with Gasteiger partial charge in [-0.05, 0) is 12.1 Å². The Labute approximate surface area is 235 Å². The lowest BCUT2D eigenvalue weighted by Crippen LogP contribution is -2.33. The highest BCUT2D eigenvalue weighted by Crippen LogP contribution is 2.45. The molecule has 0 saturated carbocycles. The van der Waals surface area contributed by atoms with Crippen LogP contribution in [0.25, 0.3) is 22.1 Å². The molecule has 4 aromatic rings. The summed E-state index contributed by atoms with van der Waals surface area (Å²) in [5.41, 5.74) is -1.15. The number of hydrogen-bond donors (Lipinski definition) is 5. The molecule has 1 unspecified atom stereocenters. The van der Waals surface area contributed by atoms with Crippen molar-refractivity contribution in [3.8, 4) is 5.75 Å². The van der Waals surface area contributed by atoms with Crippen LogP contribution in [0, 0.1) is 0 Å². The lowest BCUT2D eigenvalue weighted by atomic mass is 10.1. The molecule has 0 radical (unpaired) electrons. The summed E-state index contributed by atoms with van der Waals surface area (Å²) in [5, 5.41) is 23.8. The van der Waals surface area contributed by atoms with Crippen molar-refractivity contribution in [1.82, 2.24) is 19.5 Å². The first-order valence-electron chi connectivity index (χ1n) is 12.5. The second-order valence-electron chi connectivity index (χ2n) is 9.18. The van der Waals surface area contributed by atoms with Gasteiger partial charge in [-0.25, -0.2) is 9.55 Å². The minimum absolute atomic E-state index is 0.0536. The van der Waals surface area contributed by atoms with E-state index < -0.39 is 62.5 Å². The molecule has 1 aliphatic rings. The number of aliphatic hydroxyl groups is 2. The standard InChI is InChI=1S/C24H26N5O12P/c1-3-16(30)26-24-27-21-17(22(34)28-24)25-10-29(21)23-20(33)19(32)15(41-23)9-40-42(35,36)39-8-11-7-38-14-6-12(37-2)4-5-13(14)18(11)31/h4-7,10,15,19-20,23,32-33H,3,8-9H2,1-2H3,(H,35,36)(H2,26,27,28,30,34)/t15-,19-,20-,23-/m1/s1. The van der Waals surface area contributed by atoms with E-state index in [9.17, 15) is 34.1 Å². The highest BCUT2D eigenvalue weighted by Gasteiger charge is 2.45. The maximum Gasteiger partial charge on any atom is 0.472 e. The molecule has 42 heavy (non-hydrogen) atoms. The van der Waals surface area contributed by atoms with Crippen LogP contribution in [0.15, 0.2) is 44.8 Å². The topological polar surface area (TPSA) is 238 Å². The average Bonchev–Trinajstić information content (AvgIpc) is 3.51. The van der Waals surface area contributed by atoms with Gasteiger partial charge in [-0.2, -0.15) is 4.98 Å². The van der Waals surface area contributed by atoms with Gasteiger partial charge in [0.15, 0.2) is 22.8 Å². The van der Waals surface area contributed by atoms with Crippen molar-refractivity contribution in [3.63, 3.8) is 0 Å². The van der Waals surface area contributed by atoms with Crippen LogP contribution in [-0.4, -0.2) is 72.6 Å². The summed E-state index contributed by atoms with van der Waals surface area (Å²) in [6.07, 6.45) is -3.49. The average molecular weight is 607 g/mol. The number of aromatic amines is 1. The lowest BCUT2D eigenvalue weighted by Gasteiger charge is -2.17. The summed E-state index contributed by atoms with van der Waals surface area (Å²) >= 11 is 0. The van der Waals surface area contributed by atoms with Gasteiger partial charge in [0.05, 0.1) is 37.6 Å². The second kappa shape index (κ2) is 11.7. The Bertz CT molecular complexity index is 1800. The summed E-state index contributed by atoms with van der Waals surface area (Å²) in [4.78, 5) is 57.5. The fourth-order valence-corrected chi connectivity index (χ4v) is 4.93. The number of aliphatic hydroxyl groups excluding tert-OH is 2. The van der Waals surface area contributed by atoms with Crippen molar-refractivity contribution in [3.05, 3.63) is 56.9 Å². The number of imidazole rings is 1. The highest BCUT2D eigenvalue weighted by molar-refractivity contribution is 7.47. The van der Waals surface area contributed by atoms with E-state index in [1.807, 2.05) is 0 Å². The van der Waals surface area contributed by atoms with Gasteiger partial charge in [0.25, 0.3) is 5.56 Å². The molecule has 1 amide bonds. The summed E-state index contributed by atoms with van der Waals surface area (Å²) in [6, 6.07) is 4.55. The first kappa shape index (κ1) is 29.5. The Morgan fingerprint density at radius 1 is 1.24 bits per heavy atom. The van der Waals surface area contributed by atoms with Crippen molar-refractivity contribution >= 4 is 41.8 Å². The van der Waals surface area contributed by atoms with Crippen molar-refractivity contribution in [2.45, 2.75) is 44.5 Å². The summed E-state index contributed by atoms with van der Waals surface area (Å²) in [6.45, 7) is 0.277. The normalized spacial score (nSPS) is 21.9. The number of nitrogens with one attached hydrogen (secondary N) is 2. The monoisotopic (exact) mass is 607 g/mol. The number of carbonyl (C=O) groups excluding carboxylic acids is 1. The molecule has 0 bridgehead atoms. The number of methoxy groups -OCH3 is 1. The van der Waals surface area contributed by atoms with Gasteiger partial charge in [-0.1, -0.05) is 6.92 Å². The predicted octanol–water partition coefficient (Wildman–Crippen LogP) is 0.536. The maximum atomic E-state index is 12.7. The number of anilines is 1. The molecule has 18 heteroatoms. The van der Waals surface area contributed by atoms with E-state index in [1.54, 1.807) is 13.0 Å². The van der Waals surface area contributed by atoms with Crippen molar-refractivity contribution in [2.75, 3.05) is 19.0 Å². The van der Waals surface area contributed by atoms with E-state index in [0.29, 0.717) is 5.75 Å². The number of nitrogens with zero attached hydrogens (tertiary/aromatic N) is 3. The molecular weight excluding hydrogens is 581 g/mol. The molecule has 5 rings (SSSR count). The maximum absolute atomic E-state index is 12.7. The molecule has 224 valence electrons. The molecule has 17 nitrogen and oxygen atoms in total. The zero-order chi connectivity index (χ0) is 30.2. The van der Waals surface area contributed by atoms with Crippen LogP contribution < -0.4 is 21.0 Å². The number of aromatic nitrogens is 4. The number of phosphoric ester groups is 1. The van der Waals surface area contributed by atoms with Crippen LogP contribution in [0.2, 0.25) is 0 Å². The predicted molar refractivity (Wildman–Crippen MR) is 143 cm³/mol. The van der Waals surface area contributed by atoms with E-state index in [1.165, 1.54) is 23.8 Å². The number of carbonyl (C=O) groups is 1. The van der Waals surface area contributed by atoms with Gasteiger partial charge < -0.3 is 29.0 Å². The molecular formula is C24H26N5O12P. The van der Waals surface area contributed by atoms with E-state index in [0.717, 1.165) is 12.6 Å². The molecule has 1 saturated heterocycles. The van der Waals surface area contributed by atoms with Crippen molar-refractivity contribution in [1.29, 1.82) is 0 Å². The summed E-state index contributed by atoms with van der Waals surface area (Å²) in [5.74, 6) is -0.0957. The largest absolute Gasteiger partial charge is 0.497 e. The molecule has 0 spiro atoms. The number of benzene rings is 1. The minimum Gasteiger partial charge on any atom is -0.497 e. The molecule has 3 aromatic heterocycles. The summed E-state index contributed by atoms with van der Waals surface area (Å²) in [7, 11) is -3.33. The molecule has 1 fully saturated rings. The zero-order valence-electron chi connectivity index (χ0n) is 22.1. The van der Waals surface area contributed by atoms with E-state index >= 15 is 0 Å². The fourth-order valence-electron chi connectivity index (χ4n) is 4.22. The number of amides is 1.